The van der Waals surface area contributed by atoms with Gasteiger partial charge in [-0.05, 0) is 47.3 Å². The van der Waals surface area contributed by atoms with E-state index in [1.54, 1.807) is 18.3 Å². The van der Waals surface area contributed by atoms with Crippen LogP contribution in [0.15, 0.2) is 22.8 Å². The summed E-state index contributed by atoms with van der Waals surface area (Å²) in [5.41, 5.74) is -0.0594. The van der Waals surface area contributed by atoms with Gasteiger partial charge in [0.2, 0.25) is 0 Å². The summed E-state index contributed by atoms with van der Waals surface area (Å²) in [4.78, 5) is 15.9. The fraction of sp³-hybridized carbons (Fsp3) is 0.455. The number of aromatic nitrogens is 1. The van der Waals surface area contributed by atoms with Gasteiger partial charge in [-0.1, -0.05) is 0 Å². The van der Waals surface area contributed by atoms with Crippen LogP contribution in [-0.2, 0) is 0 Å². The average molecular weight is 285 g/mol. The third-order valence-corrected chi connectivity index (χ3v) is 3.61. The van der Waals surface area contributed by atoms with Gasteiger partial charge in [0, 0.05) is 10.7 Å². The Labute approximate surface area is 102 Å². The molecule has 0 radical (unpaired) electrons. The number of hydrogen-bond donors (Lipinski definition) is 2. The van der Waals surface area contributed by atoms with Gasteiger partial charge >= 0.3 is 0 Å². The maximum absolute atomic E-state index is 11.9. The molecule has 0 aliphatic heterocycles. The predicted octanol–water partition coefficient (Wildman–Crippen LogP) is 1.49. The first kappa shape index (κ1) is 11.5. The van der Waals surface area contributed by atoms with Crippen LogP contribution in [0.3, 0.4) is 0 Å². The zero-order valence-corrected chi connectivity index (χ0v) is 10.3. The van der Waals surface area contributed by atoms with E-state index in [1.165, 1.54) is 0 Å². The topological polar surface area (TPSA) is 62.2 Å². The monoisotopic (exact) mass is 284 g/mol. The molecule has 1 amide bonds. The third-order valence-electron chi connectivity index (χ3n) is 2.97. The quantitative estimate of drug-likeness (QED) is 0.884. The first-order valence-electron chi connectivity index (χ1n) is 5.21. The normalized spacial score (nSPS) is 17.6. The van der Waals surface area contributed by atoms with Crippen molar-refractivity contribution in [2.75, 3.05) is 6.61 Å². The largest absolute Gasteiger partial charge is 0.394 e. The van der Waals surface area contributed by atoms with Crippen molar-refractivity contribution in [3.8, 4) is 0 Å². The number of hydrogen-bond acceptors (Lipinski definition) is 3. The Kier molecular flexibility index (Phi) is 3.25. The third kappa shape index (κ3) is 2.10. The summed E-state index contributed by atoms with van der Waals surface area (Å²) in [7, 11) is 0. The number of aliphatic hydroxyl groups is 1. The number of nitrogens with zero attached hydrogens (tertiary/aromatic N) is 1. The van der Waals surface area contributed by atoms with Crippen molar-refractivity contribution in [1.82, 2.24) is 10.3 Å². The van der Waals surface area contributed by atoms with E-state index in [2.05, 4.69) is 26.2 Å². The number of nitrogens with one attached hydrogen (secondary N) is 1. The summed E-state index contributed by atoms with van der Waals surface area (Å²) >= 11 is 3.28. The number of amides is 1. The Morgan fingerprint density at radius 3 is 2.88 bits per heavy atom. The van der Waals surface area contributed by atoms with Crippen molar-refractivity contribution >= 4 is 21.8 Å². The van der Waals surface area contributed by atoms with Gasteiger partial charge in [-0.15, -0.1) is 0 Å². The minimum atomic E-state index is -0.423. The van der Waals surface area contributed by atoms with Crippen LogP contribution in [0.25, 0.3) is 0 Å². The second-order valence-electron chi connectivity index (χ2n) is 4.08. The maximum Gasteiger partial charge on any atom is 0.271 e. The molecule has 1 saturated carbocycles. The number of halogens is 1. The smallest absolute Gasteiger partial charge is 0.271 e. The molecule has 2 rings (SSSR count). The molecule has 86 valence electrons. The fourth-order valence-corrected chi connectivity index (χ4v) is 2.21. The lowest BCUT2D eigenvalue weighted by molar-refractivity contribution is 0.0637. The van der Waals surface area contributed by atoms with Crippen LogP contribution in [0.4, 0.5) is 0 Å². The highest BCUT2D eigenvalue weighted by molar-refractivity contribution is 9.10. The summed E-state index contributed by atoms with van der Waals surface area (Å²) in [6, 6.07) is 3.53. The van der Waals surface area contributed by atoms with E-state index in [-0.39, 0.29) is 12.5 Å². The number of carbonyl (C=O) groups is 1. The van der Waals surface area contributed by atoms with Crippen LogP contribution in [0.5, 0.6) is 0 Å². The molecule has 4 nitrogen and oxygen atoms in total. The van der Waals surface area contributed by atoms with Crippen molar-refractivity contribution in [2.24, 2.45) is 0 Å². The SMILES string of the molecule is O=C(NC1(CO)CCC1)c1ncccc1Br. The summed E-state index contributed by atoms with van der Waals surface area (Å²) in [5, 5.41) is 12.1. The van der Waals surface area contributed by atoms with Gasteiger partial charge in [0.15, 0.2) is 0 Å². The lowest BCUT2D eigenvalue weighted by Gasteiger charge is -2.40. The fourth-order valence-electron chi connectivity index (χ4n) is 1.78. The molecule has 0 aromatic carbocycles. The number of aliphatic hydroxyl groups excluding tert-OH is 1. The van der Waals surface area contributed by atoms with Crippen molar-refractivity contribution in [3.63, 3.8) is 0 Å². The van der Waals surface area contributed by atoms with Crippen molar-refractivity contribution in [3.05, 3.63) is 28.5 Å². The van der Waals surface area contributed by atoms with Crippen molar-refractivity contribution in [1.29, 1.82) is 0 Å². The van der Waals surface area contributed by atoms with Crippen LogP contribution in [0.1, 0.15) is 29.8 Å². The minimum absolute atomic E-state index is 0.0107. The molecule has 5 heteroatoms. The Morgan fingerprint density at radius 2 is 2.38 bits per heavy atom. The van der Waals surface area contributed by atoms with Gasteiger partial charge in [-0.3, -0.25) is 4.79 Å². The van der Waals surface area contributed by atoms with E-state index in [4.69, 9.17) is 0 Å². The van der Waals surface area contributed by atoms with Gasteiger partial charge in [-0.25, -0.2) is 4.98 Å². The molecule has 1 aliphatic rings. The molecular weight excluding hydrogens is 272 g/mol. The van der Waals surface area contributed by atoms with Gasteiger partial charge < -0.3 is 10.4 Å². The number of carbonyl (C=O) groups excluding carboxylic acids is 1. The number of pyridine rings is 1. The molecule has 0 bridgehead atoms. The van der Waals surface area contributed by atoms with Crippen LogP contribution in [0, 0.1) is 0 Å². The van der Waals surface area contributed by atoms with Crippen LogP contribution in [0.2, 0.25) is 0 Å². The molecule has 2 N–H and O–H groups in total. The Morgan fingerprint density at radius 1 is 1.62 bits per heavy atom. The highest BCUT2D eigenvalue weighted by atomic mass is 79.9. The second kappa shape index (κ2) is 4.51. The van der Waals surface area contributed by atoms with Gasteiger partial charge in [0.25, 0.3) is 5.91 Å². The van der Waals surface area contributed by atoms with E-state index in [1.807, 2.05) is 0 Å². The van der Waals surface area contributed by atoms with Crippen LogP contribution < -0.4 is 5.32 Å². The zero-order valence-electron chi connectivity index (χ0n) is 8.74. The molecule has 1 fully saturated rings. The molecule has 1 aliphatic carbocycles. The highest BCUT2D eigenvalue weighted by Crippen LogP contribution is 2.31. The second-order valence-corrected chi connectivity index (χ2v) is 4.93. The molecular formula is C11H13BrN2O2. The predicted molar refractivity (Wildman–Crippen MR) is 63.1 cm³/mol. The van der Waals surface area contributed by atoms with Crippen molar-refractivity contribution in [2.45, 2.75) is 24.8 Å². The van der Waals surface area contributed by atoms with Gasteiger partial charge in [0.05, 0.1) is 12.1 Å². The summed E-state index contributed by atoms with van der Waals surface area (Å²) in [6.07, 6.45) is 4.29. The molecule has 16 heavy (non-hydrogen) atoms. The van der Waals surface area contributed by atoms with Crippen LogP contribution >= 0.6 is 15.9 Å². The Bertz CT molecular complexity index is 399. The molecule has 0 spiro atoms. The van der Waals surface area contributed by atoms with E-state index in [0.717, 1.165) is 19.3 Å². The first-order valence-corrected chi connectivity index (χ1v) is 6.00. The molecule has 0 saturated heterocycles. The lowest BCUT2D eigenvalue weighted by Crippen LogP contribution is -2.56. The summed E-state index contributed by atoms with van der Waals surface area (Å²) < 4.78 is 0.667. The van der Waals surface area contributed by atoms with E-state index >= 15 is 0 Å². The number of rotatable bonds is 3. The standard InChI is InChI=1S/C11H13BrN2O2/c12-8-3-1-6-13-9(8)10(16)14-11(7-15)4-2-5-11/h1,3,6,15H,2,4-5,7H2,(H,14,16). The highest BCUT2D eigenvalue weighted by Gasteiger charge is 2.38. The maximum atomic E-state index is 11.9. The molecule has 1 aromatic heterocycles. The lowest BCUT2D eigenvalue weighted by atomic mass is 9.77. The Balaban J connectivity index is 2.11. The molecule has 0 unspecified atom stereocenters. The van der Waals surface area contributed by atoms with E-state index in [0.29, 0.717) is 10.2 Å². The Hall–Kier alpha value is -0.940. The van der Waals surface area contributed by atoms with E-state index in [9.17, 15) is 9.90 Å². The average Bonchev–Trinajstić information content (AvgIpc) is 2.24. The van der Waals surface area contributed by atoms with E-state index < -0.39 is 5.54 Å². The first-order chi connectivity index (χ1) is 7.67. The molecule has 1 heterocycles. The van der Waals surface area contributed by atoms with Crippen LogP contribution in [-0.4, -0.2) is 28.1 Å². The molecule has 1 aromatic rings. The summed E-state index contributed by atoms with van der Waals surface area (Å²) in [6.45, 7) is -0.0107. The zero-order chi connectivity index (χ0) is 11.6. The minimum Gasteiger partial charge on any atom is -0.394 e. The van der Waals surface area contributed by atoms with Gasteiger partial charge in [-0.2, -0.15) is 0 Å². The molecule has 0 atom stereocenters. The van der Waals surface area contributed by atoms with Crippen molar-refractivity contribution < 1.29 is 9.90 Å². The van der Waals surface area contributed by atoms with Gasteiger partial charge in [0.1, 0.15) is 5.69 Å². The summed E-state index contributed by atoms with van der Waals surface area (Å²) in [5.74, 6) is -0.235.